The molecule has 1 aromatic rings. The summed E-state index contributed by atoms with van der Waals surface area (Å²) >= 11 is 0. The van der Waals surface area contributed by atoms with Crippen LogP contribution in [0, 0.1) is 5.92 Å². The molecule has 172 valence electrons. The number of amides is 1. The van der Waals surface area contributed by atoms with Gasteiger partial charge in [-0.25, -0.2) is 0 Å². The number of nitrogens with one attached hydrogen (secondary N) is 1. The van der Waals surface area contributed by atoms with Crippen molar-refractivity contribution in [1.29, 1.82) is 0 Å². The molecular formula is C22H33N2O6P. The van der Waals surface area contributed by atoms with Crippen molar-refractivity contribution < 1.29 is 28.3 Å². The van der Waals surface area contributed by atoms with E-state index in [0.717, 1.165) is 32.1 Å². The molecule has 0 saturated carbocycles. The molecule has 0 spiro atoms. The number of hydrogen-bond acceptors (Lipinski definition) is 6. The lowest BCUT2D eigenvalue weighted by molar-refractivity contribution is -0.140. The van der Waals surface area contributed by atoms with Crippen LogP contribution in [0.15, 0.2) is 30.3 Å². The molecule has 0 radical (unpaired) electrons. The van der Waals surface area contributed by atoms with Crippen LogP contribution in [-0.4, -0.2) is 60.6 Å². The molecule has 2 aliphatic rings. The van der Waals surface area contributed by atoms with E-state index in [2.05, 4.69) is 15.0 Å². The monoisotopic (exact) mass is 452 g/mol. The molecule has 2 N–H and O–H groups in total. The van der Waals surface area contributed by atoms with Gasteiger partial charge in [0.2, 0.25) is 5.91 Å². The van der Waals surface area contributed by atoms with E-state index in [0.29, 0.717) is 19.4 Å². The number of carbonyl (C=O) groups excluding carboxylic acids is 2. The number of fused-ring (bicyclic) bond motifs is 2. The Balaban J connectivity index is 1.60. The number of hydrogen-bond donors (Lipinski definition) is 2. The lowest BCUT2D eigenvalue weighted by Gasteiger charge is -2.42. The highest BCUT2D eigenvalue weighted by molar-refractivity contribution is 7.61. The SMILES string of the molecule is COC(=O)CCCCCNC(=O)[C@H]1[C@@H](OP(=O)(O)c2ccccc2)C[C@@H]2CC[C@H]1N2C. The molecule has 1 aromatic carbocycles. The zero-order valence-corrected chi connectivity index (χ0v) is 19.1. The van der Waals surface area contributed by atoms with Crippen molar-refractivity contribution in [3.63, 3.8) is 0 Å². The normalized spacial score (nSPS) is 27.5. The number of rotatable bonds is 10. The van der Waals surface area contributed by atoms with Gasteiger partial charge in [-0.1, -0.05) is 24.6 Å². The van der Waals surface area contributed by atoms with Gasteiger partial charge in [-0.3, -0.25) is 19.1 Å². The van der Waals surface area contributed by atoms with Crippen LogP contribution in [-0.2, 0) is 23.4 Å². The summed E-state index contributed by atoms with van der Waals surface area (Å²) in [6, 6.07) is 8.59. The summed E-state index contributed by atoms with van der Waals surface area (Å²) in [4.78, 5) is 37.0. The summed E-state index contributed by atoms with van der Waals surface area (Å²) in [6.45, 7) is 0.499. The summed E-state index contributed by atoms with van der Waals surface area (Å²) in [7, 11) is -0.642. The second-order valence-electron chi connectivity index (χ2n) is 8.40. The van der Waals surface area contributed by atoms with Gasteiger partial charge in [-0.2, -0.15) is 0 Å². The Bertz CT molecular complexity index is 804. The van der Waals surface area contributed by atoms with Crippen molar-refractivity contribution in [1.82, 2.24) is 10.2 Å². The van der Waals surface area contributed by atoms with E-state index < -0.39 is 19.6 Å². The zero-order valence-electron chi connectivity index (χ0n) is 18.2. The minimum Gasteiger partial charge on any atom is -0.469 e. The van der Waals surface area contributed by atoms with Crippen LogP contribution in [0.25, 0.3) is 0 Å². The van der Waals surface area contributed by atoms with Gasteiger partial charge in [0.25, 0.3) is 0 Å². The van der Waals surface area contributed by atoms with Crippen LogP contribution in [0.2, 0.25) is 0 Å². The van der Waals surface area contributed by atoms with Crippen molar-refractivity contribution >= 4 is 24.8 Å². The summed E-state index contributed by atoms with van der Waals surface area (Å²) < 4.78 is 23.3. The summed E-state index contributed by atoms with van der Waals surface area (Å²) in [5.74, 6) is -0.858. The maximum atomic E-state index is 13.1. The van der Waals surface area contributed by atoms with E-state index in [1.807, 2.05) is 7.05 Å². The van der Waals surface area contributed by atoms with Gasteiger partial charge >= 0.3 is 13.6 Å². The first-order chi connectivity index (χ1) is 14.8. The average Bonchev–Trinajstić information content (AvgIpc) is 2.99. The first-order valence-corrected chi connectivity index (χ1v) is 12.5. The van der Waals surface area contributed by atoms with Crippen LogP contribution in [0.5, 0.6) is 0 Å². The molecule has 0 aliphatic carbocycles. The minimum atomic E-state index is -4.03. The molecule has 2 bridgehead atoms. The third-order valence-corrected chi connectivity index (χ3v) is 7.97. The van der Waals surface area contributed by atoms with Crippen molar-refractivity contribution in [2.24, 2.45) is 5.92 Å². The number of esters is 1. The van der Waals surface area contributed by atoms with E-state index in [-0.39, 0.29) is 29.3 Å². The Morgan fingerprint density at radius 1 is 1.19 bits per heavy atom. The molecule has 2 heterocycles. The standard InChI is InChI=1S/C22H33N2O6P/c1-24-16-12-13-18(24)21(22(26)23-14-8-4-7-11-20(25)29-2)19(15-16)30-31(27,28)17-9-5-3-6-10-17/h3,5-6,9-10,16,18-19,21H,4,7-8,11-15H2,1-2H3,(H,23,26)(H,27,28)/t16-,18+,19-,21+/m0/s1. The topological polar surface area (TPSA) is 105 Å². The van der Waals surface area contributed by atoms with Crippen molar-refractivity contribution in [3.05, 3.63) is 30.3 Å². The van der Waals surface area contributed by atoms with Crippen LogP contribution in [0.4, 0.5) is 0 Å². The molecular weight excluding hydrogens is 419 g/mol. The first kappa shape index (κ1) is 23.9. The van der Waals surface area contributed by atoms with E-state index >= 15 is 0 Å². The molecule has 2 aliphatic heterocycles. The van der Waals surface area contributed by atoms with Gasteiger partial charge in [-0.15, -0.1) is 0 Å². The molecule has 1 amide bonds. The Labute approximate surface area is 183 Å². The third-order valence-electron chi connectivity index (χ3n) is 6.46. The largest absolute Gasteiger partial charge is 0.469 e. The number of ether oxygens (including phenoxy) is 1. The van der Waals surface area contributed by atoms with Crippen molar-refractivity contribution in [3.8, 4) is 0 Å². The van der Waals surface area contributed by atoms with E-state index in [9.17, 15) is 19.0 Å². The number of methoxy groups -OCH3 is 1. The quantitative estimate of drug-likeness (QED) is 0.319. The van der Waals surface area contributed by atoms with E-state index in [1.54, 1.807) is 30.3 Å². The molecule has 2 fully saturated rings. The summed E-state index contributed by atoms with van der Waals surface area (Å²) in [5, 5.41) is 3.22. The Kier molecular flexibility index (Phi) is 8.28. The fourth-order valence-corrected chi connectivity index (χ4v) is 5.99. The van der Waals surface area contributed by atoms with Gasteiger partial charge in [0.1, 0.15) is 0 Å². The molecule has 3 rings (SSSR count). The highest BCUT2D eigenvalue weighted by Gasteiger charge is 2.50. The second-order valence-corrected chi connectivity index (χ2v) is 10.2. The van der Waals surface area contributed by atoms with E-state index in [4.69, 9.17) is 4.52 Å². The Morgan fingerprint density at radius 3 is 2.65 bits per heavy atom. The highest BCUT2D eigenvalue weighted by Crippen LogP contribution is 2.48. The minimum absolute atomic E-state index is 0.00107. The maximum Gasteiger partial charge on any atom is 0.359 e. The summed E-state index contributed by atoms with van der Waals surface area (Å²) in [6.07, 6.45) is 4.44. The molecule has 5 atom stereocenters. The van der Waals surface area contributed by atoms with Crippen molar-refractivity contribution in [2.45, 2.75) is 63.1 Å². The number of unbranched alkanes of at least 4 members (excludes halogenated alkanes) is 2. The predicted molar refractivity (Wildman–Crippen MR) is 117 cm³/mol. The summed E-state index contributed by atoms with van der Waals surface area (Å²) in [5.41, 5.74) is 0. The number of piperidine rings is 1. The second kappa shape index (κ2) is 10.7. The van der Waals surface area contributed by atoms with Crippen LogP contribution in [0.3, 0.4) is 0 Å². The van der Waals surface area contributed by atoms with Gasteiger partial charge in [0, 0.05) is 25.0 Å². The number of carbonyl (C=O) groups is 2. The molecule has 2 saturated heterocycles. The lowest BCUT2D eigenvalue weighted by Crippen LogP contribution is -2.55. The number of benzene rings is 1. The van der Waals surface area contributed by atoms with Gasteiger partial charge in [0.15, 0.2) is 0 Å². The Morgan fingerprint density at radius 2 is 1.94 bits per heavy atom. The van der Waals surface area contributed by atoms with Gasteiger partial charge in [0.05, 0.1) is 24.4 Å². The first-order valence-electron chi connectivity index (χ1n) is 11.0. The van der Waals surface area contributed by atoms with Gasteiger partial charge < -0.3 is 19.5 Å². The van der Waals surface area contributed by atoms with E-state index in [1.165, 1.54) is 7.11 Å². The van der Waals surface area contributed by atoms with Crippen molar-refractivity contribution in [2.75, 3.05) is 20.7 Å². The fourth-order valence-electron chi connectivity index (χ4n) is 4.74. The smallest absolute Gasteiger partial charge is 0.359 e. The highest BCUT2D eigenvalue weighted by atomic mass is 31.2. The molecule has 1 unspecified atom stereocenters. The average molecular weight is 452 g/mol. The number of nitrogens with zero attached hydrogens (tertiary/aromatic N) is 1. The van der Waals surface area contributed by atoms with Crippen LogP contribution in [0.1, 0.15) is 44.9 Å². The molecule has 8 nitrogen and oxygen atoms in total. The zero-order chi connectivity index (χ0) is 22.4. The predicted octanol–water partition coefficient (Wildman–Crippen LogP) is 2.21. The fraction of sp³-hybridized carbons (Fsp3) is 0.636. The molecule has 0 aromatic heterocycles. The van der Waals surface area contributed by atoms with Crippen LogP contribution >= 0.6 is 7.60 Å². The molecule has 31 heavy (non-hydrogen) atoms. The molecule has 9 heteroatoms. The van der Waals surface area contributed by atoms with Gasteiger partial charge in [-0.05, 0) is 51.3 Å². The van der Waals surface area contributed by atoms with Crippen LogP contribution < -0.4 is 10.6 Å². The Hall–Kier alpha value is -1.73. The third kappa shape index (κ3) is 5.95. The lowest BCUT2D eigenvalue weighted by atomic mass is 9.87. The maximum absolute atomic E-state index is 13.1.